The molecule has 2 bridgehead atoms. The molecule has 0 unspecified atom stereocenters. The van der Waals surface area contributed by atoms with E-state index in [0.717, 1.165) is 6.42 Å². The summed E-state index contributed by atoms with van der Waals surface area (Å²) in [5.41, 5.74) is 2.87. The summed E-state index contributed by atoms with van der Waals surface area (Å²) in [5, 5.41) is 0. The van der Waals surface area contributed by atoms with Crippen molar-refractivity contribution in [2.24, 2.45) is 11.8 Å². The van der Waals surface area contributed by atoms with Gasteiger partial charge in [-0.15, -0.1) is 0 Å². The lowest BCUT2D eigenvalue weighted by atomic mass is 9.84. The highest BCUT2D eigenvalue weighted by molar-refractivity contribution is 5.87. The Morgan fingerprint density at radius 1 is 1.17 bits per heavy atom. The Morgan fingerprint density at radius 2 is 1.67 bits per heavy atom. The van der Waals surface area contributed by atoms with Crippen LogP contribution in [-0.2, 0) is 9.53 Å². The average molecular weight is 164 g/mol. The molecule has 0 radical (unpaired) electrons. The van der Waals surface area contributed by atoms with E-state index in [1.54, 1.807) is 0 Å². The average Bonchev–Trinajstić information content (AvgIpc) is 2.76. The Bertz CT molecular complexity index is 277. The van der Waals surface area contributed by atoms with Gasteiger partial charge in [0.1, 0.15) is 5.78 Å². The maximum Gasteiger partial charge on any atom is 0.144 e. The molecule has 0 aromatic carbocycles. The maximum absolute atomic E-state index is 11.6. The van der Waals surface area contributed by atoms with Crippen molar-refractivity contribution in [2.75, 3.05) is 0 Å². The zero-order chi connectivity index (χ0) is 8.46. The molecular weight excluding hydrogens is 152 g/mol. The molecule has 64 valence electrons. The van der Waals surface area contributed by atoms with Crippen LogP contribution in [0.25, 0.3) is 0 Å². The van der Waals surface area contributed by atoms with Crippen LogP contribution in [0.1, 0.15) is 20.3 Å². The van der Waals surface area contributed by atoms with Crippen molar-refractivity contribution in [3.63, 3.8) is 0 Å². The molecule has 1 fully saturated rings. The highest BCUT2D eigenvalue weighted by atomic mass is 16.5. The van der Waals surface area contributed by atoms with Crippen LogP contribution in [0.15, 0.2) is 11.1 Å². The van der Waals surface area contributed by atoms with Crippen molar-refractivity contribution in [1.82, 2.24) is 0 Å². The summed E-state index contributed by atoms with van der Waals surface area (Å²) in [6.45, 7) is 3.99. The van der Waals surface area contributed by atoms with E-state index in [4.69, 9.17) is 4.74 Å². The van der Waals surface area contributed by atoms with Crippen LogP contribution in [0.5, 0.6) is 0 Å². The van der Waals surface area contributed by atoms with Crippen molar-refractivity contribution >= 4 is 5.78 Å². The molecular formula is C10H12O2. The molecule has 0 aromatic rings. The number of hydrogen-bond donors (Lipinski definition) is 0. The predicted molar refractivity (Wildman–Crippen MR) is 43.6 cm³/mol. The van der Waals surface area contributed by atoms with Gasteiger partial charge in [-0.05, 0) is 17.6 Å². The number of rotatable bonds is 0. The number of carbonyl (C=O) groups is 1. The number of ketones is 1. The van der Waals surface area contributed by atoms with Gasteiger partial charge in [-0.3, -0.25) is 4.79 Å². The molecule has 2 heteroatoms. The second kappa shape index (κ2) is 1.82. The molecule has 3 rings (SSSR count). The van der Waals surface area contributed by atoms with Crippen LogP contribution in [0.4, 0.5) is 0 Å². The lowest BCUT2D eigenvalue weighted by Crippen LogP contribution is -2.43. The van der Waals surface area contributed by atoms with Gasteiger partial charge in [0, 0.05) is 11.8 Å². The number of Topliss-reactive ketones (excluding diaryl/α,β-unsaturated/α-hetero) is 1. The van der Waals surface area contributed by atoms with Gasteiger partial charge < -0.3 is 4.74 Å². The van der Waals surface area contributed by atoms with Crippen molar-refractivity contribution in [2.45, 2.75) is 32.5 Å². The molecule has 0 aromatic heterocycles. The van der Waals surface area contributed by atoms with E-state index in [0.29, 0.717) is 5.78 Å². The summed E-state index contributed by atoms with van der Waals surface area (Å²) < 4.78 is 5.76. The van der Waals surface area contributed by atoms with Crippen molar-refractivity contribution < 1.29 is 9.53 Å². The van der Waals surface area contributed by atoms with Gasteiger partial charge in [0.2, 0.25) is 0 Å². The summed E-state index contributed by atoms with van der Waals surface area (Å²) in [5.74, 6) is 0.598. The Labute approximate surface area is 71.6 Å². The zero-order valence-electron chi connectivity index (χ0n) is 7.33. The number of ether oxygens (including phenoxy) is 1. The highest BCUT2D eigenvalue weighted by Crippen LogP contribution is 2.53. The third kappa shape index (κ3) is 0.589. The third-order valence-corrected chi connectivity index (χ3v) is 3.45. The number of fused-ring (bicyclic) bond motifs is 4. The molecule has 0 N–H and O–H groups in total. The van der Waals surface area contributed by atoms with Crippen LogP contribution in [0.2, 0.25) is 0 Å². The Kier molecular flexibility index (Phi) is 1.04. The summed E-state index contributed by atoms with van der Waals surface area (Å²) in [6.07, 6.45) is 1.47. The molecule has 3 aliphatic rings. The van der Waals surface area contributed by atoms with Crippen LogP contribution >= 0.6 is 0 Å². The second-order valence-electron chi connectivity index (χ2n) is 4.18. The Morgan fingerprint density at radius 3 is 2.17 bits per heavy atom. The quantitative estimate of drug-likeness (QED) is 0.504. The lowest BCUT2D eigenvalue weighted by molar-refractivity contribution is -0.144. The fourth-order valence-corrected chi connectivity index (χ4v) is 2.60. The van der Waals surface area contributed by atoms with E-state index in [1.165, 1.54) is 11.1 Å². The van der Waals surface area contributed by atoms with E-state index in [-0.39, 0.29) is 24.0 Å². The maximum atomic E-state index is 11.6. The van der Waals surface area contributed by atoms with Gasteiger partial charge in [0.25, 0.3) is 0 Å². The third-order valence-electron chi connectivity index (χ3n) is 3.45. The van der Waals surface area contributed by atoms with Crippen LogP contribution in [-0.4, -0.2) is 18.0 Å². The first kappa shape index (κ1) is 6.84. The first-order valence-corrected chi connectivity index (χ1v) is 4.61. The molecule has 0 spiro atoms. The molecule has 0 amide bonds. The molecule has 2 nitrogen and oxygen atoms in total. The van der Waals surface area contributed by atoms with Gasteiger partial charge in [0.05, 0.1) is 12.2 Å². The van der Waals surface area contributed by atoms with Gasteiger partial charge in [-0.1, -0.05) is 13.8 Å². The molecule has 0 saturated carbocycles. The normalized spacial score (nSPS) is 49.7. The van der Waals surface area contributed by atoms with Gasteiger partial charge >= 0.3 is 0 Å². The second-order valence-corrected chi connectivity index (χ2v) is 4.18. The Hall–Kier alpha value is -0.630. The standard InChI is InChI=1S/C10H12O2/c1-4-8(11)5(2)10-7-3-6(7)9(4)12-10/h4-5,9-10H,3H2,1-2H3/t4-,5+,9+,10-. The number of hydrogen-bond acceptors (Lipinski definition) is 2. The first-order valence-electron chi connectivity index (χ1n) is 4.61. The summed E-state index contributed by atoms with van der Waals surface area (Å²) in [6, 6.07) is 0. The Balaban J connectivity index is 2.03. The highest BCUT2D eigenvalue weighted by Gasteiger charge is 2.54. The first-order chi connectivity index (χ1) is 5.70. The molecule has 1 saturated heterocycles. The van der Waals surface area contributed by atoms with Crippen LogP contribution in [0.3, 0.4) is 0 Å². The zero-order valence-corrected chi connectivity index (χ0v) is 7.33. The van der Waals surface area contributed by atoms with Crippen molar-refractivity contribution in [3.8, 4) is 0 Å². The van der Waals surface area contributed by atoms with Crippen LogP contribution < -0.4 is 0 Å². The SMILES string of the molecule is C[C@@H]1C(=O)[C@H](C)[C@H]2O[C@@H]1C1=C2C1. The van der Waals surface area contributed by atoms with E-state index in [2.05, 4.69) is 0 Å². The summed E-state index contributed by atoms with van der Waals surface area (Å²) >= 11 is 0. The molecule has 2 heterocycles. The molecule has 12 heavy (non-hydrogen) atoms. The minimum absolute atomic E-state index is 0.103. The molecule has 2 aliphatic heterocycles. The van der Waals surface area contributed by atoms with E-state index in [9.17, 15) is 4.79 Å². The predicted octanol–water partition coefficient (Wildman–Crippen LogP) is 1.31. The summed E-state index contributed by atoms with van der Waals surface area (Å²) in [7, 11) is 0. The smallest absolute Gasteiger partial charge is 0.144 e. The van der Waals surface area contributed by atoms with Gasteiger partial charge in [0.15, 0.2) is 0 Å². The minimum atomic E-state index is 0.103. The minimum Gasteiger partial charge on any atom is -0.365 e. The number of carbonyl (C=O) groups excluding carboxylic acids is 1. The van der Waals surface area contributed by atoms with Gasteiger partial charge in [-0.2, -0.15) is 0 Å². The largest absolute Gasteiger partial charge is 0.365 e. The topological polar surface area (TPSA) is 26.3 Å². The van der Waals surface area contributed by atoms with Crippen molar-refractivity contribution in [1.29, 1.82) is 0 Å². The summed E-state index contributed by atoms with van der Waals surface area (Å²) in [4.78, 5) is 11.6. The fraction of sp³-hybridized carbons (Fsp3) is 0.700. The monoisotopic (exact) mass is 164 g/mol. The van der Waals surface area contributed by atoms with Crippen LogP contribution in [0, 0.1) is 11.8 Å². The van der Waals surface area contributed by atoms with Gasteiger partial charge in [-0.25, -0.2) is 0 Å². The van der Waals surface area contributed by atoms with E-state index < -0.39 is 0 Å². The lowest BCUT2D eigenvalue weighted by Gasteiger charge is -2.34. The van der Waals surface area contributed by atoms with Crippen molar-refractivity contribution in [3.05, 3.63) is 11.1 Å². The van der Waals surface area contributed by atoms with E-state index >= 15 is 0 Å². The molecule has 1 aliphatic carbocycles. The fourth-order valence-electron chi connectivity index (χ4n) is 2.60. The van der Waals surface area contributed by atoms with E-state index in [1.807, 2.05) is 13.8 Å². The molecule has 4 atom stereocenters.